The number of hydrogen-bond acceptors (Lipinski definition) is 6. The zero-order chi connectivity index (χ0) is 16.7. The summed E-state index contributed by atoms with van der Waals surface area (Å²) in [5, 5.41) is 3.88. The van der Waals surface area contributed by atoms with Crippen molar-refractivity contribution in [2.75, 3.05) is 7.11 Å². The van der Waals surface area contributed by atoms with Crippen LogP contribution in [-0.4, -0.2) is 30.2 Å². The quantitative estimate of drug-likeness (QED) is 0.393. The Morgan fingerprint density at radius 3 is 2.57 bits per heavy atom. The van der Waals surface area contributed by atoms with Crippen molar-refractivity contribution in [1.82, 2.24) is 10.4 Å². The van der Waals surface area contributed by atoms with E-state index < -0.39 is 5.97 Å². The predicted molar refractivity (Wildman–Crippen MR) is 83.6 cm³/mol. The number of carbonyl (C=O) groups is 2. The number of carbonyl (C=O) groups excluding carboxylic acids is 2. The van der Waals surface area contributed by atoms with Crippen LogP contribution in [0.2, 0.25) is 0 Å². The fraction of sp³-hybridized carbons (Fsp3) is 0.125. The number of pyridine rings is 1. The third-order valence-electron chi connectivity index (χ3n) is 2.76. The molecule has 0 aliphatic rings. The number of benzene rings is 1. The second-order valence-electron chi connectivity index (χ2n) is 4.44. The van der Waals surface area contributed by atoms with Gasteiger partial charge in [-0.05, 0) is 35.9 Å². The van der Waals surface area contributed by atoms with E-state index in [9.17, 15) is 9.59 Å². The van der Waals surface area contributed by atoms with Crippen molar-refractivity contribution in [1.29, 1.82) is 0 Å². The predicted octanol–water partition coefficient (Wildman–Crippen LogP) is 1.78. The minimum Gasteiger partial charge on any atom is -0.493 e. The van der Waals surface area contributed by atoms with Crippen LogP contribution in [0.15, 0.2) is 47.8 Å². The van der Waals surface area contributed by atoms with Crippen molar-refractivity contribution in [3.05, 3.63) is 53.9 Å². The number of rotatable bonds is 5. The molecule has 7 nitrogen and oxygen atoms in total. The summed E-state index contributed by atoms with van der Waals surface area (Å²) in [4.78, 5) is 26.6. The van der Waals surface area contributed by atoms with Crippen molar-refractivity contribution < 1.29 is 19.1 Å². The molecule has 1 amide bonds. The van der Waals surface area contributed by atoms with Gasteiger partial charge in [0.15, 0.2) is 11.5 Å². The zero-order valence-corrected chi connectivity index (χ0v) is 12.6. The number of esters is 1. The second kappa shape index (κ2) is 7.69. The maximum Gasteiger partial charge on any atom is 0.308 e. The molecule has 118 valence electrons. The Labute approximate surface area is 132 Å². The van der Waals surface area contributed by atoms with Crippen molar-refractivity contribution in [2.45, 2.75) is 6.92 Å². The summed E-state index contributed by atoms with van der Waals surface area (Å²) in [5.41, 5.74) is 3.54. The molecule has 0 radical (unpaired) electrons. The van der Waals surface area contributed by atoms with Crippen molar-refractivity contribution in [3.63, 3.8) is 0 Å². The molecule has 1 aromatic carbocycles. The first-order chi connectivity index (χ1) is 11.1. The topological polar surface area (TPSA) is 89.9 Å². The third-order valence-corrected chi connectivity index (χ3v) is 2.76. The fourth-order valence-electron chi connectivity index (χ4n) is 1.74. The Morgan fingerprint density at radius 2 is 1.91 bits per heavy atom. The van der Waals surface area contributed by atoms with Crippen LogP contribution < -0.4 is 14.9 Å². The van der Waals surface area contributed by atoms with Gasteiger partial charge in [-0.15, -0.1) is 0 Å². The molecule has 0 saturated carbocycles. The van der Waals surface area contributed by atoms with Gasteiger partial charge in [-0.1, -0.05) is 0 Å². The van der Waals surface area contributed by atoms with Gasteiger partial charge in [-0.25, -0.2) is 5.43 Å². The molecule has 23 heavy (non-hydrogen) atoms. The highest BCUT2D eigenvalue weighted by Crippen LogP contribution is 2.27. The lowest BCUT2D eigenvalue weighted by atomic mass is 10.2. The molecule has 1 aromatic heterocycles. The highest BCUT2D eigenvalue weighted by Gasteiger charge is 2.07. The molecular formula is C16H15N3O4. The molecule has 0 aliphatic carbocycles. The van der Waals surface area contributed by atoms with E-state index >= 15 is 0 Å². The molecule has 0 fully saturated rings. The van der Waals surface area contributed by atoms with E-state index in [0.717, 1.165) is 0 Å². The number of methoxy groups -OCH3 is 1. The molecule has 0 spiro atoms. The van der Waals surface area contributed by atoms with E-state index in [4.69, 9.17) is 9.47 Å². The third kappa shape index (κ3) is 4.63. The maximum absolute atomic E-state index is 11.8. The molecule has 1 heterocycles. The first-order valence-corrected chi connectivity index (χ1v) is 6.70. The Morgan fingerprint density at radius 1 is 1.17 bits per heavy atom. The zero-order valence-electron chi connectivity index (χ0n) is 12.6. The van der Waals surface area contributed by atoms with Crippen molar-refractivity contribution >= 4 is 18.1 Å². The Balaban J connectivity index is 2.05. The Hall–Kier alpha value is -3.22. The van der Waals surface area contributed by atoms with Gasteiger partial charge in [0.2, 0.25) is 0 Å². The number of nitrogens with zero attached hydrogens (tertiary/aromatic N) is 2. The van der Waals surface area contributed by atoms with Crippen LogP contribution in [0.25, 0.3) is 0 Å². The lowest BCUT2D eigenvalue weighted by Gasteiger charge is -2.08. The van der Waals surface area contributed by atoms with Crippen LogP contribution in [0.1, 0.15) is 22.8 Å². The van der Waals surface area contributed by atoms with Gasteiger partial charge in [0.1, 0.15) is 0 Å². The molecule has 0 aliphatic heterocycles. The molecule has 0 bridgehead atoms. The summed E-state index contributed by atoms with van der Waals surface area (Å²) in [6, 6.07) is 8.08. The number of hydrazone groups is 1. The van der Waals surface area contributed by atoms with Crippen LogP contribution in [-0.2, 0) is 4.79 Å². The summed E-state index contributed by atoms with van der Waals surface area (Å²) >= 11 is 0. The van der Waals surface area contributed by atoms with E-state index in [2.05, 4.69) is 15.5 Å². The van der Waals surface area contributed by atoms with E-state index in [-0.39, 0.29) is 5.91 Å². The Bertz CT molecular complexity index is 729. The molecule has 7 heteroatoms. The highest BCUT2D eigenvalue weighted by molar-refractivity contribution is 5.94. The monoisotopic (exact) mass is 313 g/mol. The molecule has 0 unspecified atom stereocenters. The standard InChI is InChI=1S/C16H15N3O4/c1-11(20)23-14-4-3-12(9-15(14)22-2)10-18-19-16(21)13-5-7-17-8-6-13/h3-10H,1-2H3,(H,19,21). The van der Waals surface area contributed by atoms with Crippen LogP contribution >= 0.6 is 0 Å². The van der Waals surface area contributed by atoms with E-state index in [1.807, 2.05) is 0 Å². The van der Waals surface area contributed by atoms with Crippen LogP contribution in [0.3, 0.4) is 0 Å². The summed E-state index contributed by atoms with van der Waals surface area (Å²) < 4.78 is 10.2. The van der Waals surface area contributed by atoms with Gasteiger partial charge in [-0.2, -0.15) is 5.10 Å². The number of aromatic nitrogens is 1. The minimum absolute atomic E-state index is 0.318. The normalized spacial score (nSPS) is 10.3. The van der Waals surface area contributed by atoms with E-state index in [0.29, 0.717) is 22.6 Å². The number of ether oxygens (including phenoxy) is 2. The van der Waals surface area contributed by atoms with Gasteiger partial charge in [0.05, 0.1) is 13.3 Å². The average molecular weight is 313 g/mol. The minimum atomic E-state index is -0.436. The average Bonchev–Trinajstić information content (AvgIpc) is 2.56. The van der Waals surface area contributed by atoms with Gasteiger partial charge in [0, 0.05) is 24.9 Å². The Kier molecular flexibility index (Phi) is 5.40. The summed E-state index contributed by atoms with van der Waals surface area (Å²) in [7, 11) is 1.47. The summed E-state index contributed by atoms with van der Waals surface area (Å²) in [6.07, 6.45) is 4.51. The SMILES string of the molecule is COc1cc(C=NNC(=O)c2ccncc2)ccc1OC(C)=O. The van der Waals surface area contributed by atoms with Crippen LogP contribution in [0.5, 0.6) is 11.5 Å². The van der Waals surface area contributed by atoms with Crippen molar-refractivity contribution in [3.8, 4) is 11.5 Å². The molecule has 0 saturated heterocycles. The van der Waals surface area contributed by atoms with E-state index in [1.54, 1.807) is 30.3 Å². The summed E-state index contributed by atoms with van der Waals surface area (Å²) in [5.74, 6) is -0.0657. The lowest BCUT2D eigenvalue weighted by Crippen LogP contribution is -2.17. The molecule has 0 atom stereocenters. The largest absolute Gasteiger partial charge is 0.493 e. The molecule has 1 N–H and O–H groups in total. The number of nitrogens with one attached hydrogen (secondary N) is 1. The van der Waals surface area contributed by atoms with E-state index in [1.165, 1.54) is 32.6 Å². The molecule has 2 rings (SSSR count). The fourth-order valence-corrected chi connectivity index (χ4v) is 1.74. The van der Waals surface area contributed by atoms with Gasteiger partial charge in [-0.3, -0.25) is 14.6 Å². The lowest BCUT2D eigenvalue weighted by molar-refractivity contribution is -0.132. The van der Waals surface area contributed by atoms with Gasteiger partial charge >= 0.3 is 5.97 Å². The van der Waals surface area contributed by atoms with Crippen LogP contribution in [0.4, 0.5) is 0 Å². The highest BCUT2D eigenvalue weighted by atomic mass is 16.6. The maximum atomic E-state index is 11.8. The first kappa shape index (κ1) is 16.2. The van der Waals surface area contributed by atoms with Gasteiger partial charge < -0.3 is 9.47 Å². The summed E-state index contributed by atoms with van der Waals surface area (Å²) in [6.45, 7) is 1.31. The van der Waals surface area contributed by atoms with Crippen LogP contribution in [0, 0.1) is 0 Å². The molecular weight excluding hydrogens is 298 g/mol. The first-order valence-electron chi connectivity index (χ1n) is 6.70. The second-order valence-corrected chi connectivity index (χ2v) is 4.44. The van der Waals surface area contributed by atoms with Gasteiger partial charge in [0.25, 0.3) is 5.91 Å². The number of hydrogen-bond donors (Lipinski definition) is 1. The molecule has 2 aromatic rings. The number of amides is 1. The smallest absolute Gasteiger partial charge is 0.308 e. The van der Waals surface area contributed by atoms with Crippen molar-refractivity contribution in [2.24, 2.45) is 5.10 Å².